The van der Waals surface area contributed by atoms with Crippen molar-refractivity contribution in [3.63, 3.8) is 0 Å². The Kier molecular flexibility index (Phi) is 5.59. The first kappa shape index (κ1) is 17.7. The summed E-state index contributed by atoms with van der Waals surface area (Å²) in [4.78, 5) is 8.72. The molecule has 0 bridgehead atoms. The van der Waals surface area contributed by atoms with Crippen molar-refractivity contribution in [3.8, 4) is 0 Å². The van der Waals surface area contributed by atoms with Crippen LogP contribution in [0.25, 0.3) is 11.0 Å². The van der Waals surface area contributed by atoms with Gasteiger partial charge in [-0.05, 0) is 32.3 Å². The number of nitrogens with zero attached hydrogens (tertiary/aromatic N) is 3. The zero-order chi connectivity index (χ0) is 17.0. The lowest BCUT2D eigenvalue weighted by atomic mass is 10.2. The number of aromatic nitrogens is 3. The largest absolute Gasteiger partial charge is 0.382 e. The number of sulfone groups is 1. The third-order valence-electron chi connectivity index (χ3n) is 3.64. The normalized spacial score (nSPS) is 12.1. The van der Waals surface area contributed by atoms with Crippen molar-refractivity contribution in [1.82, 2.24) is 14.5 Å². The molecule has 2 aromatic rings. The highest BCUT2D eigenvalue weighted by Gasteiger charge is 2.15. The number of hydrogen-bond acceptors (Lipinski definition) is 6. The van der Waals surface area contributed by atoms with Gasteiger partial charge >= 0.3 is 0 Å². The van der Waals surface area contributed by atoms with E-state index in [1.54, 1.807) is 6.20 Å². The van der Waals surface area contributed by atoms with Gasteiger partial charge in [-0.1, -0.05) is 0 Å². The van der Waals surface area contributed by atoms with Crippen LogP contribution >= 0.6 is 0 Å². The minimum atomic E-state index is -2.93. The van der Waals surface area contributed by atoms with Gasteiger partial charge in [-0.3, -0.25) is 0 Å². The maximum atomic E-state index is 11.2. The Hall–Kier alpha value is -1.67. The maximum absolute atomic E-state index is 11.2. The molecule has 23 heavy (non-hydrogen) atoms. The van der Waals surface area contributed by atoms with Gasteiger partial charge in [0.2, 0.25) is 0 Å². The number of imidazole rings is 1. The Bertz CT molecular complexity index is 784. The van der Waals surface area contributed by atoms with E-state index in [-0.39, 0.29) is 5.75 Å². The number of pyridine rings is 1. The summed E-state index contributed by atoms with van der Waals surface area (Å²) in [6.45, 7) is 5.58. The van der Waals surface area contributed by atoms with Crippen molar-refractivity contribution in [2.45, 2.75) is 39.8 Å². The van der Waals surface area contributed by atoms with E-state index in [9.17, 15) is 8.42 Å². The van der Waals surface area contributed by atoms with Crippen molar-refractivity contribution < 1.29 is 13.2 Å². The summed E-state index contributed by atoms with van der Waals surface area (Å²) in [7, 11) is -2.93. The fourth-order valence-corrected chi connectivity index (χ4v) is 3.27. The molecule has 2 aromatic heterocycles. The molecule has 128 valence electrons. The highest BCUT2D eigenvalue weighted by atomic mass is 32.2. The van der Waals surface area contributed by atoms with Gasteiger partial charge < -0.3 is 15.0 Å². The van der Waals surface area contributed by atoms with E-state index in [0.29, 0.717) is 37.5 Å². The number of hydrogen-bond donors (Lipinski definition) is 1. The zero-order valence-corrected chi connectivity index (χ0v) is 14.7. The topological polar surface area (TPSA) is 100 Å². The number of rotatable bonds is 8. The smallest absolute Gasteiger partial charge is 0.151 e. The molecule has 8 heteroatoms. The van der Waals surface area contributed by atoms with Gasteiger partial charge in [-0.2, -0.15) is 0 Å². The lowest BCUT2D eigenvalue weighted by Crippen LogP contribution is -2.09. The molecular formula is C15H24N4O3S. The van der Waals surface area contributed by atoms with E-state index in [1.807, 2.05) is 13.8 Å². The zero-order valence-electron chi connectivity index (χ0n) is 13.9. The summed E-state index contributed by atoms with van der Waals surface area (Å²) in [6, 6.07) is 0. The van der Waals surface area contributed by atoms with Crippen LogP contribution in [0.15, 0.2) is 6.20 Å². The van der Waals surface area contributed by atoms with Gasteiger partial charge in [0.05, 0.1) is 5.52 Å². The molecule has 0 atom stereocenters. The molecule has 0 saturated heterocycles. The predicted molar refractivity (Wildman–Crippen MR) is 91.0 cm³/mol. The molecule has 2 rings (SSSR count). The Morgan fingerprint density at radius 3 is 2.74 bits per heavy atom. The fourth-order valence-electron chi connectivity index (χ4n) is 2.54. The highest BCUT2D eigenvalue weighted by molar-refractivity contribution is 7.90. The van der Waals surface area contributed by atoms with E-state index in [0.717, 1.165) is 23.3 Å². The molecule has 0 radical (unpaired) electrons. The first-order valence-electron chi connectivity index (χ1n) is 7.69. The van der Waals surface area contributed by atoms with E-state index >= 15 is 0 Å². The first-order chi connectivity index (χ1) is 10.8. The Morgan fingerprint density at radius 1 is 1.35 bits per heavy atom. The van der Waals surface area contributed by atoms with Crippen molar-refractivity contribution in [2.75, 3.05) is 24.3 Å². The maximum Gasteiger partial charge on any atom is 0.151 e. The van der Waals surface area contributed by atoms with Crippen LogP contribution in [-0.2, 0) is 27.7 Å². The molecular weight excluding hydrogens is 316 g/mol. The number of nitrogen functional groups attached to an aromatic ring is 1. The molecule has 0 aliphatic rings. The van der Waals surface area contributed by atoms with Crippen molar-refractivity contribution >= 4 is 26.7 Å². The average molecular weight is 340 g/mol. The third kappa shape index (κ3) is 4.42. The van der Waals surface area contributed by atoms with Crippen LogP contribution in [0, 0.1) is 6.92 Å². The number of ether oxygens (including phenoxy) is 1. The Morgan fingerprint density at radius 2 is 2.09 bits per heavy atom. The van der Waals surface area contributed by atoms with Gasteiger partial charge in [-0.25, -0.2) is 18.4 Å². The van der Waals surface area contributed by atoms with E-state index < -0.39 is 9.84 Å². The molecule has 0 spiro atoms. The summed E-state index contributed by atoms with van der Waals surface area (Å²) < 4.78 is 30.1. The number of nitrogens with two attached hydrogens (primary N) is 1. The van der Waals surface area contributed by atoms with Crippen LogP contribution < -0.4 is 5.73 Å². The molecule has 0 fully saturated rings. The summed E-state index contributed by atoms with van der Waals surface area (Å²) in [6.07, 6.45) is 4.36. The van der Waals surface area contributed by atoms with Crippen LogP contribution in [0.3, 0.4) is 0 Å². The second kappa shape index (κ2) is 7.27. The first-order valence-corrected chi connectivity index (χ1v) is 9.75. The van der Waals surface area contributed by atoms with Gasteiger partial charge in [0.15, 0.2) is 5.82 Å². The fraction of sp³-hybridized carbons (Fsp3) is 0.600. The van der Waals surface area contributed by atoms with Crippen molar-refractivity contribution in [1.29, 1.82) is 0 Å². The number of aryl methyl sites for hydroxylation is 2. The molecule has 0 amide bonds. The SMILES string of the molecule is CCOCc1nc2c(N)ncc(C)c2n1CCCCS(C)(=O)=O. The Balaban J connectivity index is 2.29. The average Bonchev–Trinajstić information content (AvgIpc) is 2.84. The van der Waals surface area contributed by atoms with Crippen molar-refractivity contribution in [2.24, 2.45) is 0 Å². The summed E-state index contributed by atoms with van der Waals surface area (Å²) in [5.41, 5.74) is 8.57. The highest BCUT2D eigenvalue weighted by Crippen LogP contribution is 2.24. The van der Waals surface area contributed by atoms with E-state index in [4.69, 9.17) is 10.5 Å². The van der Waals surface area contributed by atoms with Gasteiger partial charge in [0.1, 0.15) is 27.8 Å². The van der Waals surface area contributed by atoms with Crippen LogP contribution in [0.4, 0.5) is 5.82 Å². The van der Waals surface area contributed by atoms with Crippen LogP contribution in [0.5, 0.6) is 0 Å². The molecule has 0 aromatic carbocycles. The number of anilines is 1. The predicted octanol–water partition coefficient (Wildman–Crippen LogP) is 1.68. The van der Waals surface area contributed by atoms with Crippen molar-refractivity contribution in [3.05, 3.63) is 17.6 Å². The molecule has 0 aliphatic heterocycles. The molecule has 7 nitrogen and oxygen atoms in total. The summed E-state index contributed by atoms with van der Waals surface area (Å²) in [5, 5.41) is 0. The second-order valence-electron chi connectivity index (χ2n) is 5.68. The molecule has 0 aliphatic carbocycles. The Labute approximate surface area is 136 Å². The summed E-state index contributed by atoms with van der Waals surface area (Å²) >= 11 is 0. The molecule has 0 saturated carbocycles. The van der Waals surface area contributed by atoms with Crippen LogP contribution in [0.1, 0.15) is 31.2 Å². The molecule has 2 N–H and O–H groups in total. The lowest BCUT2D eigenvalue weighted by Gasteiger charge is -2.10. The lowest BCUT2D eigenvalue weighted by molar-refractivity contribution is 0.126. The van der Waals surface area contributed by atoms with E-state index in [1.165, 1.54) is 6.26 Å². The van der Waals surface area contributed by atoms with Crippen LogP contribution in [-0.4, -0.2) is 41.6 Å². The second-order valence-corrected chi connectivity index (χ2v) is 7.94. The van der Waals surface area contributed by atoms with Gasteiger partial charge in [0.25, 0.3) is 0 Å². The number of unbranched alkanes of at least 4 members (excludes halogenated alkanes) is 1. The minimum absolute atomic E-state index is 0.198. The quantitative estimate of drug-likeness (QED) is 0.734. The van der Waals surface area contributed by atoms with Gasteiger partial charge in [-0.15, -0.1) is 0 Å². The third-order valence-corrected chi connectivity index (χ3v) is 4.67. The minimum Gasteiger partial charge on any atom is -0.382 e. The van der Waals surface area contributed by atoms with Gasteiger partial charge in [0, 0.05) is 31.4 Å². The van der Waals surface area contributed by atoms with Crippen LogP contribution in [0.2, 0.25) is 0 Å². The van der Waals surface area contributed by atoms with E-state index in [2.05, 4.69) is 14.5 Å². The summed E-state index contributed by atoms with van der Waals surface area (Å²) in [5.74, 6) is 1.39. The molecule has 2 heterocycles. The molecule has 0 unspecified atom stereocenters. The standard InChI is InChI=1S/C15H24N4O3S/c1-4-22-10-12-18-13-14(11(2)9-17-15(13)16)19(12)7-5-6-8-23(3,20)21/h9H,4-8,10H2,1-3H3,(H2,16,17). The monoisotopic (exact) mass is 340 g/mol. The number of fused-ring (bicyclic) bond motifs is 1.